The van der Waals surface area contributed by atoms with Crippen LogP contribution in [0.4, 0.5) is 32.0 Å². The molecule has 0 spiro atoms. The summed E-state index contributed by atoms with van der Waals surface area (Å²) >= 11 is 0. The Morgan fingerprint density at radius 2 is 1.79 bits per heavy atom. The highest BCUT2D eigenvalue weighted by molar-refractivity contribution is 5.37. The summed E-state index contributed by atoms with van der Waals surface area (Å²) in [6.45, 7) is 0.744. The van der Waals surface area contributed by atoms with Crippen LogP contribution in [0.25, 0.3) is 0 Å². The first-order valence-electron chi connectivity index (χ1n) is 6.35. The van der Waals surface area contributed by atoms with Gasteiger partial charge in [0.15, 0.2) is 0 Å². The van der Waals surface area contributed by atoms with Crippen LogP contribution in [0.1, 0.15) is 22.4 Å². The Bertz CT molecular complexity index is 779. The van der Waals surface area contributed by atoms with Crippen molar-refractivity contribution in [3.8, 4) is 0 Å². The summed E-state index contributed by atoms with van der Waals surface area (Å²) in [5.74, 6) is 0. The summed E-state index contributed by atoms with van der Waals surface area (Å²) in [5.41, 5.74) is -3.78. The molecule has 1 heterocycles. The van der Waals surface area contributed by atoms with E-state index in [1.807, 2.05) is 0 Å². The highest BCUT2D eigenvalue weighted by Crippen LogP contribution is 2.37. The van der Waals surface area contributed by atoms with Crippen molar-refractivity contribution in [1.29, 1.82) is 0 Å². The Labute approximate surface area is 130 Å². The fourth-order valence-electron chi connectivity index (χ4n) is 2.10. The van der Waals surface area contributed by atoms with Crippen molar-refractivity contribution >= 4 is 5.69 Å². The highest BCUT2D eigenvalue weighted by atomic mass is 19.4. The van der Waals surface area contributed by atoms with E-state index in [-0.39, 0.29) is 11.8 Å². The SMILES string of the molecule is Cc1nn(Cc2ccc(C(F)(F)F)cc2C(F)(F)F)cc1[N+](=O)[O-]. The molecular weight excluding hydrogens is 344 g/mol. The molecule has 0 saturated heterocycles. The lowest BCUT2D eigenvalue weighted by molar-refractivity contribution is -0.385. The monoisotopic (exact) mass is 353 g/mol. The van der Waals surface area contributed by atoms with E-state index >= 15 is 0 Å². The lowest BCUT2D eigenvalue weighted by Crippen LogP contribution is -2.15. The Morgan fingerprint density at radius 3 is 2.25 bits per heavy atom. The second kappa shape index (κ2) is 5.80. The summed E-state index contributed by atoms with van der Waals surface area (Å²) in [5, 5.41) is 14.4. The smallest absolute Gasteiger partial charge is 0.261 e. The van der Waals surface area contributed by atoms with Crippen molar-refractivity contribution in [2.45, 2.75) is 25.8 Å². The predicted octanol–water partition coefficient (Wildman–Crippen LogP) is 4.19. The summed E-state index contributed by atoms with van der Waals surface area (Å²) in [6, 6.07) is 1.23. The van der Waals surface area contributed by atoms with Gasteiger partial charge in [-0.1, -0.05) is 6.07 Å². The number of rotatable bonds is 3. The van der Waals surface area contributed by atoms with Gasteiger partial charge >= 0.3 is 18.0 Å². The molecule has 0 atom stereocenters. The zero-order valence-electron chi connectivity index (χ0n) is 11.9. The second-order valence-electron chi connectivity index (χ2n) is 4.92. The Hall–Kier alpha value is -2.59. The maximum absolute atomic E-state index is 13.0. The quantitative estimate of drug-likeness (QED) is 0.472. The molecule has 0 aliphatic rings. The van der Waals surface area contributed by atoms with Crippen molar-refractivity contribution in [3.63, 3.8) is 0 Å². The number of halogens is 6. The van der Waals surface area contributed by atoms with Crippen molar-refractivity contribution in [1.82, 2.24) is 9.78 Å². The molecule has 0 fully saturated rings. The minimum atomic E-state index is -5.01. The molecule has 1 aromatic heterocycles. The van der Waals surface area contributed by atoms with Crippen LogP contribution in [-0.4, -0.2) is 14.7 Å². The van der Waals surface area contributed by atoms with Gasteiger partial charge in [0.05, 0.1) is 22.6 Å². The van der Waals surface area contributed by atoms with Crippen LogP contribution in [0.3, 0.4) is 0 Å². The van der Waals surface area contributed by atoms with Crippen molar-refractivity contribution < 1.29 is 31.3 Å². The average molecular weight is 353 g/mol. The minimum absolute atomic E-state index is 0.0135. The molecule has 0 bridgehead atoms. The summed E-state index contributed by atoms with van der Waals surface area (Å²) in [7, 11) is 0. The first-order valence-corrected chi connectivity index (χ1v) is 6.35. The molecule has 130 valence electrons. The summed E-state index contributed by atoms with van der Waals surface area (Å²) in [6.07, 6.45) is -9.00. The van der Waals surface area contributed by atoms with E-state index in [0.29, 0.717) is 12.1 Å². The van der Waals surface area contributed by atoms with Gasteiger partial charge in [-0.3, -0.25) is 14.8 Å². The van der Waals surface area contributed by atoms with E-state index in [4.69, 9.17) is 0 Å². The fraction of sp³-hybridized carbons (Fsp3) is 0.308. The molecule has 11 heteroatoms. The number of aromatic nitrogens is 2. The molecule has 0 N–H and O–H groups in total. The van der Waals surface area contributed by atoms with Crippen molar-refractivity contribution in [3.05, 3.63) is 56.9 Å². The molecule has 24 heavy (non-hydrogen) atoms. The van der Waals surface area contributed by atoms with Gasteiger partial charge in [0, 0.05) is 0 Å². The first kappa shape index (κ1) is 17.8. The number of alkyl halides is 6. The number of aryl methyl sites for hydroxylation is 1. The van der Waals surface area contributed by atoms with Crippen LogP contribution in [0.15, 0.2) is 24.4 Å². The van der Waals surface area contributed by atoms with E-state index in [2.05, 4.69) is 5.10 Å². The van der Waals surface area contributed by atoms with E-state index in [9.17, 15) is 36.5 Å². The van der Waals surface area contributed by atoms with E-state index in [1.54, 1.807) is 0 Å². The highest BCUT2D eigenvalue weighted by Gasteiger charge is 2.38. The molecule has 2 aromatic rings. The predicted molar refractivity (Wildman–Crippen MR) is 69.2 cm³/mol. The van der Waals surface area contributed by atoms with Gasteiger partial charge in [-0.2, -0.15) is 31.4 Å². The molecule has 0 amide bonds. The third-order valence-corrected chi connectivity index (χ3v) is 3.19. The number of benzene rings is 1. The molecule has 0 saturated carbocycles. The summed E-state index contributed by atoms with van der Waals surface area (Å²) in [4.78, 5) is 9.96. The van der Waals surface area contributed by atoms with Gasteiger partial charge in [-0.25, -0.2) is 0 Å². The molecule has 2 rings (SSSR count). The van der Waals surface area contributed by atoms with Crippen LogP contribution >= 0.6 is 0 Å². The lowest BCUT2D eigenvalue weighted by atomic mass is 10.0. The zero-order valence-corrected chi connectivity index (χ0v) is 11.9. The van der Waals surface area contributed by atoms with E-state index in [0.717, 1.165) is 10.9 Å². The third kappa shape index (κ3) is 3.66. The summed E-state index contributed by atoms with van der Waals surface area (Å²) < 4.78 is 77.8. The van der Waals surface area contributed by atoms with E-state index < -0.39 is 46.2 Å². The third-order valence-electron chi connectivity index (χ3n) is 3.19. The molecule has 1 aromatic carbocycles. The maximum atomic E-state index is 13.0. The van der Waals surface area contributed by atoms with Gasteiger partial charge in [0.2, 0.25) is 0 Å². The largest absolute Gasteiger partial charge is 0.416 e. The molecule has 5 nitrogen and oxygen atoms in total. The van der Waals surface area contributed by atoms with Crippen LogP contribution in [-0.2, 0) is 18.9 Å². The Kier molecular flexibility index (Phi) is 4.29. The van der Waals surface area contributed by atoms with Crippen LogP contribution in [0.5, 0.6) is 0 Å². The van der Waals surface area contributed by atoms with Crippen LogP contribution < -0.4 is 0 Å². The molecule has 0 unspecified atom stereocenters. The van der Waals surface area contributed by atoms with Gasteiger partial charge in [0.1, 0.15) is 11.9 Å². The number of nitrogens with zero attached hydrogens (tertiary/aromatic N) is 3. The number of hydrogen-bond acceptors (Lipinski definition) is 3. The number of hydrogen-bond donors (Lipinski definition) is 0. The standard InChI is InChI=1S/C13H9F6N3O2/c1-7-11(22(23)24)6-21(20-7)5-8-2-3-9(12(14,15)16)4-10(8)13(17,18)19/h2-4,6H,5H2,1H3. The Balaban J connectivity index is 2.47. The zero-order chi connectivity index (χ0) is 18.3. The van der Waals surface area contributed by atoms with Crippen molar-refractivity contribution in [2.75, 3.05) is 0 Å². The molecule has 0 aliphatic heterocycles. The van der Waals surface area contributed by atoms with Gasteiger partial charge in [0.25, 0.3) is 0 Å². The number of nitro groups is 1. The maximum Gasteiger partial charge on any atom is 0.416 e. The Morgan fingerprint density at radius 1 is 1.17 bits per heavy atom. The molecule has 0 aliphatic carbocycles. The van der Waals surface area contributed by atoms with Gasteiger partial charge < -0.3 is 0 Å². The van der Waals surface area contributed by atoms with Crippen LogP contribution in [0, 0.1) is 17.0 Å². The van der Waals surface area contributed by atoms with Gasteiger partial charge in [-0.15, -0.1) is 0 Å². The first-order chi connectivity index (χ1) is 10.9. The fourth-order valence-corrected chi connectivity index (χ4v) is 2.10. The van der Waals surface area contributed by atoms with Gasteiger partial charge in [-0.05, 0) is 24.6 Å². The second-order valence-corrected chi connectivity index (χ2v) is 4.92. The average Bonchev–Trinajstić information content (AvgIpc) is 2.77. The minimum Gasteiger partial charge on any atom is -0.261 e. The lowest BCUT2D eigenvalue weighted by Gasteiger charge is -2.15. The van der Waals surface area contributed by atoms with Crippen LogP contribution in [0.2, 0.25) is 0 Å². The molecular formula is C13H9F6N3O2. The normalized spacial score (nSPS) is 12.5. The topological polar surface area (TPSA) is 61.0 Å². The van der Waals surface area contributed by atoms with E-state index in [1.165, 1.54) is 6.92 Å². The van der Waals surface area contributed by atoms with Crippen molar-refractivity contribution in [2.24, 2.45) is 0 Å². The molecule has 0 radical (unpaired) electrons.